The zero-order chi connectivity index (χ0) is 23.5. The number of aryl methyl sites for hydroxylation is 1. The first kappa shape index (κ1) is 22.2. The summed E-state index contributed by atoms with van der Waals surface area (Å²) in [7, 11) is 0. The standard InChI is InChI=1S/C25H20FN5OS2/c26-18-10-12-19(13-11-18)31-22(28-29-24(31)33)16-34-25-27-21-9-5-4-8-20(21)23(32)30(25)15-14-17-6-2-1-3-7-17/h1-13H,14-16H2,(H,29,33). The Hall–Kier alpha value is -3.56. The molecular weight excluding hydrogens is 469 g/mol. The van der Waals surface area contributed by atoms with Crippen molar-refractivity contribution in [2.24, 2.45) is 0 Å². The second kappa shape index (κ2) is 9.74. The van der Waals surface area contributed by atoms with E-state index in [1.165, 1.54) is 23.9 Å². The van der Waals surface area contributed by atoms with Crippen molar-refractivity contribution in [3.05, 3.63) is 111 Å². The van der Waals surface area contributed by atoms with E-state index >= 15 is 0 Å². The molecule has 0 atom stereocenters. The third-order valence-corrected chi connectivity index (χ3v) is 6.70. The molecular formula is C25H20FN5OS2. The van der Waals surface area contributed by atoms with E-state index in [1.807, 2.05) is 48.5 Å². The van der Waals surface area contributed by atoms with E-state index in [2.05, 4.69) is 10.2 Å². The minimum Gasteiger partial charge on any atom is -0.287 e. The van der Waals surface area contributed by atoms with Gasteiger partial charge < -0.3 is 0 Å². The summed E-state index contributed by atoms with van der Waals surface area (Å²) in [5.74, 6) is 0.747. The van der Waals surface area contributed by atoms with Crippen LogP contribution in [0.2, 0.25) is 0 Å². The minimum absolute atomic E-state index is 0.0681. The maximum atomic E-state index is 13.4. The summed E-state index contributed by atoms with van der Waals surface area (Å²) < 4.78 is 17.3. The van der Waals surface area contributed by atoms with Crippen LogP contribution in [0, 0.1) is 10.6 Å². The number of halogens is 1. The summed E-state index contributed by atoms with van der Waals surface area (Å²) in [6.45, 7) is 0.508. The molecule has 2 heterocycles. The number of fused-ring (bicyclic) bond motifs is 1. The van der Waals surface area contributed by atoms with Gasteiger partial charge >= 0.3 is 0 Å². The SMILES string of the molecule is O=c1c2ccccc2nc(SCc2n[nH]c(=S)n2-c2ccc(F)cc2)n1CCc1ccccc1. The first-order valence-electron chi connectivity index (χ1n) is 10.7. The largest absolute Gasteiger partial charge is 0.287 e. The van der Waals surface area contributed by atoms with E-state index < -0.39 is 0 Å². The predicted octanol–water partition coefficient (Wildman–Crippen LogP) is 5.31. The molecule has 0 aliphatic heterocycles. The van der Waals surface area contributed by atoms with Crippen LogP contribution in [0.3, 0.4) is 0 Å². The van der Waals surface area contributed by atoms with Crippen LogP contribution in [0.5, 0.6) is 0 Å². The molecule has 5 aromatic rings. The lowest BCUT2D eigenvalue weighted by Crippen LogP contribution is -2.24. The van der Waals surface area contributed by atoms with Crippen molar-refractivity contribution < 1.29 is 4.39 Å². The number of nitrogens with one attached hydrogen (secondary N) is 1. The molecule has 0 radical (unpaired) electrons. The Bertz CT molecular complexity index is 1560. The van der Waals surface area contributed by atoms with Crippen molar-refractivity contribution in [3.8, 4) is 5.69 Å². The lowest BCUT2D eigenvalue weighted by molar-refractivity contribution is 0.595. The molecule has 0 amide bonds. The first-order valence-corrected chi connectivity index (χ1v) is 12.1. The molecule has 170 valence electrons. The van der Waals surface area contributed by atoms with Crippen molar-refractivity contribution in [2.75, 3.05) is 0 Å². The van der Waals surface area contributed by atoms with Gasteiger partial charge in [0.15, 0.2) is 9.93 Å². The maximum absolute atomic E-state index is 13.4. The third kappa shape index (κ3) is 4.57. The van der Waals surface area contributed by atoms with Gasteiger partial charge in [-0.05, 0) is 60.6 Å². The lowest BCUT2D eigenvalue weighted by Gasteiger charge is -2.13. The average Bonchev–Trinajstić information content (AvgIpc) is 3.23. The van der Waals surface area contributed by atoms with E-state index in [9.17, 15) is 9.18 Å². The Kier molecular flexibility index (Phi) is 6.37. The van der Waals surface area contributed by atoms with Gasteiger partial charge in [0.2, 0.25) is 0 Å². The molecule has 3 aromatic carbocycles. The summed E-state index contributed by atoms with van der Waals surface area (Å²) in [5.41, 5.74) is 2.45. The highest BCUT2D eigenvalue weighted by atomic mass is 32.2. The van der Waals surface area contributed by atoms with Crippen LogP contribution in [0.15, 0.2) is 88.8 Å². The number of benzene rings is 3. The molecule has 6 nitrogen and oxygen atoms in total. The van der Waals surface area contributed by atoms with Crippen LogP contribution < -0.4 is 5.56 Å². The summed E-state index contributed by atoms with van der Waals surface area (Å²) in [5, 5.41) is 8.36. The van der Waals surface area contributed by atoms with Crippen LogP contribution in [0.4, 0.5) is 4.39 Å². The molecule has 0 aliphatic carbocycles. The predicted molar refractivity (Wildman–Crippen MR) is 134 cm³/mol. The van der Waals surface area contributed by atoms with Crippen LogP contribution >= 0.6 is 24.0 Å². The molecule has 0 saturated heterocycles. The lowest BCUT2D eigenvalue weighted by atomic mass is 10.1. The van der Waals surface area contributed by atoms with Gasteiger partial charge in [0, 0.05) is 12.2 Å². The Balaban J connectivity index is 1.49. The number of para-hydroxylation sites is 1. The van der Waals surface area contributed by atoms with Gasteiger partial charge in [0.25, 0.3) is 5.56 Å². The normalized spacial score (nSPS) is 11.2. The Labute approximate surface area is 204 Å². The van der Waals surface area contributed by atoms with Gasteiger partial charge in [0.1, 0.15) is 11.6 Å². The molecule has 2 aromatic heterocycles. The third-order valence-electron chi connectivity index (χ3n) is 5.45. The number of H-pyrrole nitrogens is 1. The van der Waals surface area contributed by atoms with Gasteiger partial charge in [-0.1, -0.05) is 54.2 Å². The minimum atomic E-state index is -0.322. The van der Waals surface area contributed by atoms with Crippen LogP contribution in [0.25, 0.3) is 16.6 Å². The number of thioether (sulfide) groups is 1. The van der Waals surface area contributed by atoms with Gasteiger partial charge in [-0.15, -0.1) is 0 Å². The second-order valence-electron chi connectivity index (χ2n) is 7.65. The number of aromatic nitrogens is 5. The van der Waals surface area contributed by atoms with E-state index in [0.717, 1.165) is 5.56 Å². The highest BCUT2D eigenvalue weighted by Crippen LogP contribution is 2.23. The van der Waals surface area contributed by atoms with Crippen molar-refractivity contribution in [1.82, 2.24) is 24.3 Å². The topological polar surface area (TPSA) is 68.5 Å². The summed E-state index contributed by atoms with van der Waals surface area (Å²) >= 11 is 6.81. The van der Waals surface area contributed by atoms with E-state index in [-0.39, 0.29) is 11.4 Å². The molecule has 0 aliphatic rings. The van der Waals surface area contributed by atoms with Crippen molar-refractivity contribution in [2.45, 2.75) is 23.9 Å². The first-order chi connectivity index (χ1) is 16.6. The average molecular weight is 490 g/mol. The number of nitrogens with zero attached hydrogens (tertiary/aromatic N) is 4. The molecule has 1 N–H and O–H groups in total. The van der Waals surface area contributed by atoms with Gasteiger partial charge in [-0.3, -0.25) is 19.0 Å². The second-order valence-corrected chi connectivity index (χ2v) is 8.98. The molecule has 0 fully saturated rings. The zero-order valence-electron chi connectivity index (χ0n) is 18.0. The molecule has 9 heteroatoms. The number of hydrogen-bond acceptors (Lipinski definition) is 5. The van der Waals surface area contributed by atoms with Crippen LogP contribution in [-0.4, -0.2) is 24.3 Å². The molecule has 5 rings (SSSR count). The molecule has 0 bridgehead atoms. The molecule has 0 saturated carbocycles. The number of aromatic amines is 1. The summed E-state index contributed by atoms with van der Waals surface area (Å²) in [4.78, 5) is 18.1. The van der Waals surface area contributed by atoms with Crippen LogP contribution in [-0.2, 0) is 18.7 Å². The van der Waals surface area contributed by atoms with E-state index in [1.54, 1.807) is 27.3 Å². The van der Waals surface area contributed by atoms with Crippen molar-refractivity contribution in [3.63, 3.8) is 0 Å². The van der Waals surface area contributed by atoms with E-state index in [4.69, 9.17) is 17.2 Å². The fourth-order valence-electron chi connectivity index (χ4n) is 3.75. The monoisotopic (exact) mass is 489 g/mol. The molecule has 0 spiro atoms. The zero-order valence-corrected chi connectivity index (χ0v) is 19.7. The van der Waals surface area contributed by atoms with Crippen LogP contribution in [0.1, 0.15) is 11.4 Å². The smallest absolute Gasteiger partial charge is 0.262 e. The summed E-state index contributed by atoms with van der Waals surface area (Å²) in [6.07, 6.45) is 0.711. The maximum Gasteiger partial charge on any atom is 0.262 e. The van der Waals surface area contributed by atoms with E-state index in [0.29, 0.717) is 51.1 Å². The van der Waals surface area contributed by atoms with Gasteiger partial charge in [-0.2, -0.15) is 5.10 Å². The Morgan fingerprint density at radius 3 is 2.50 bits per heavy atom. The Morgan fingerprint density at radius 2 is 1.71 bits per heavy atom. The fourth-order valence-corrected chi connectivity index (χ4v) is 4.95. The summed E-state index contributed by atoms with van der Waals surface area (Å²) in [6, 6.07) is 23.5. The number of hydrogen-bond donors (Lipinski definition) is 1. The Morgan fingerprint density at radius 1 is 0.971 bits per heavy atom. The molecule has 34 heavy (non-hydrogen) atoms. The van der Waals surface area contributed by atoms with Crippen molar-refractivity contribution >= 4 is 34.9 Å². The van der Waals surface area contributed by atoms with Crippen molar-refractivity contribution in [1.29, 1.82) is 0 Å². The number of rotatable bonds is 7. The van der Waals surface area contributed by atoms with Gasteiger partial charge in [0.05, 0.1) is 16.7 Å². The molecule has 0 unspecified atom stereocenters. The highest BCUT2D eigenvalue weighted by molar-refractivity contribution is 7.98. The highest BCUT2D eigenvalue weighted by Gasteiger charge is 2.15. The van der Waals surface area contributed by atoms with Gasteiger partial charge in [-0.25, -0.2) is 9.37 Å². The quantitative estimate of drug-likeness (QED) is 0.191. The fraction of sp³-hybridized carbons (Fsp3) is 0.120.